The molecule has 2 heterocycles. The van der Waals surface area contributed by atoms with Crippen LogP contribution in [0.15, 0.2) is 11.4 Å². The molecule has 1 fully saturated rings. The molecule has 2 atom stereocenters. The van der Waals surface area contributed by atoms with Gasteiger partial charge in [0.15, 0.2) is 0 Å². The molecule has 3 rings (SSSR count). The van der Waals surface area contributed by atoms with Crippen LogP contribution in [0.3, 0.4) is 0 Å². The number of fused-ring (bicyclic) bond motifs is 1. The van der Waals surface area contributed by atoms with Gasteiger partial charge in [-0.3, -0.25) is 9.69 Å². The number of nitrogens with one attached hydrogen (secondary N) is 2. The zero-order valence-electron chi connectivity index (χ0n) is 11.3. The van der Waals surface area contributed by atoms with E-state index in [1.807, 2.05) is 11.3 Å². The van der Waals surface area contributed by atoms with Gasteiger partial charge < -0.3 is 10.6 Å². The van der Waals surface area contributed by atoms with Crippen molar-refractivity contribution in [3.05, 3.63) is 21.9 Å². The normalized spacial score (nSPS) is 27.8. The quantitative estimate of drug-likeness (QED) is 0.853. The van der Waals surface area contributed by atoms with Crippen molar-refractivity contribution in [3.63, 3.8) is 0 Å². The van der Waals surface area contributed by atoms with Crippen LogP contribution in [0.2, 0.25) is 0 Å². The molecule has 0 spiro atoms. The van der Waals surface area contributed by atoms with Gasteiger partial charge in [-0.25, -0.2) is 0 Å². The van der Waals surface area contributed by atoms with E-state index in [9.17, 15) is 4.79 Å². The van der Waals surface area contributed by atoms with E-state index < -0.39 is 0 Å². The molecule has 5 heteroatoms. The molecule has 1 aliphatic heterocycles. The lowest BCUT2D eigenvalue weighted by Gasteiger charge is -2.42. The Kier molecular flexibility index (Phi) is 3.86. The summed E-state index contributed by atoms with van der Waals surface area (Å²) in [5.41, 5.74) is 1.46. The molecule has 1 amide bonds. The molecule has 2 aliphatic rings. The van der Waals surface area contributed by atoms with Crippen molar-refractivity contribution < 1.29 is 4.79 Å². The molecule has 1 saturated heterocycles. The van der Waals surface area contributed by atoms with E-state index in [1.165, 1.54) is 29.7 Å². The van der Waals surface area contributed by atoms with Crippen LogP contribution in [-0.4, -0.2) is 43.5 Å². The van der Waals surface area contributed by atoms with Gasteiger partial charge in [-0.2, -0.15) is 0 Å². The molecular weight excluding hydrogens is 258 g/mol. The minimum absolute atomic E-state index is 0.0328. The van der Waals surface area contributed by atoms with Gasteiger partial charge >= 0.3 is 0 Å². The first kappa shape index (κ1) is 13.1. The average molecular weight is 279 g/mol. The molecular formula is C14H21N3OS. The van der Waals surface area contributed by atoms with Crippen molar-refractivity contribution >= 4 is 17.2 Å². The topological polar surface area (TPSA) is 44.4 Å². The van der Waals surface area contributed by atoms with Crippen molar-refractivity contribution in [2.45, 2.75) is 31.3 Å². The molecule has 2 unspecified atom stereocenters. The number of carbonyl (C=O) groups excluding carboxylic acids is 1. The van der Waals surface area contributed by atoms with Crippen LogP contribution in [0, 0.1) is 0 Å². The van der Waals surface area contributed by atoms with Gasteiger partial charge in [0.2, 0.25) is 5.91 Å². The first-order valence-electron chi connectivity index (χ1n) is 7.05. The number of hydrogen-bond acceptors (Lipinski definition) is 4. The zero-order valence-corrected chi connectivity index (χ0v) is 12.1. The summed E-state index contributed by atoms with van der Waals surface area (Å²) in [4.78, 5) is 16.0. The van der Waals surface area contributed by atoms with Gasteiger partial charge in [0.05, 0.1) is 0 Å². The van der Waals surface area contributed by atoms with E-state index in [0.29, 0.717) is 6.04 Å². The highest BCUT2D eigenvalue weighted by molar-refractivity contribution is 7.10. The smallest absolute Gasteiger partial charge is 0.238 e. The van der Waals surface area contributed by atoms with Crippen LogP contribution in [0.25, 0.3) is 0 Å². The lowest BCUT2D eigenvalue weighted by molar-refractivity contribution is -0.127. The van der Waals surface area contributed by atoms with Gasteiger partial charge in [0.1, 0.15) is 6.04 Å². The number of likely N-dealkylation sites (N-methyl/N-ethyl adjacent to an activating group) is 1. The fourth-order valence-corrected chi connectivity index (χ4v) is 4.29. The highest BCUT2D eigenvalue weighted by Crippen LogP contribution is 2.38. The lowest BCUT2D eigenvalue weighted by Crippen LogP contribution is -2.58. The molecule has 0 aromatic carbocycles. The summed E-state index contributed by atoms with van der Waals surface area (Å²) in [5.74, 6) is 0.134. The standard InChI is InChI=1S/C14H21N3OS/c1-15-14(18)12-9-16-6-7-17(12)11-3-2-4-13-10(11)5-8-19-13/h5,8,11-12,16H,2-4,6-7,9H2,1H3,(H,15,18). The largest absolute Gasteiger partial charge is 0.358 e. The van der Waals surface area contributed by atoms with Crippen molar-refractivity contribution in [2.24, 2.45) is 0 Å². The zero-order chi connectivity index (χ0) is 13.2. The predicted octanol–water partition coefficient (Wildman–Crippen LogP) is 1.15. The molecule has 1 aliphatic carbocycles. The average Bonchev–Trinajstić information content (AvgIpc) is 2.94. The summed E-state index contributed by atoms with van der Waals surface area (Å²) in [7, 11) is 1.73. The van der Waals surface area contributed by atoms with Crippen molar-refractivity contribution in [1.29, 1.82) is 0 Å². The molecule has 4 nitrogen and oxygen atoms in total. The van der Waals surface area contributed by atoms with E-state index in [1.54, 1.807) is 7.05 Å². The van der Waals surface area contributed by atoms with Gasteiger partial charge in [-0.15, -0.1) is 11.3 Å². The Morgan fingerprint density at radius 3 is 3.32 bits per heavy atom. The first-order chi connectivity index (χ1) is 9.31. The molecule has 104 valence electrons. The second kappa shape index (κ2) is 5.61. The van der Waals surface area contributed by atoms with E-state index >= 15 is 0 Å². The molecule has 0 radical (unpaired) electrons. The monoisotopic (exact) mass is 279 g/mol. The van der Waals surface area contributed by atoms with Crippen LogP contribution in [-0.2, 0) is 11.2 Å². The van der Waals surface area contributed by atoms with Crippen LogP contribution < -0.4 is 10.6 Å². The fourth-order valence-electron chi connectivity index (χ4n) is 3.31. The third-order valence-corrected chi connectivity index (χ3v) is 5.25. The highest BCUT2D eigenvalue weighted by atomic mass is 32.1. The Labute approximate surface area is 118 Å². The second-order valence-corrected chi connectivity index (χ2v) is 6.28. The highest BCUT2D eigenvalue weighted by Gasteiger charge is 2.35. The maximum atomic E-state index is 12.1. The summed E-state index contributed by atoms with van der Waals surface area (Å²) in [6.07, 6.45) is 3.63. The van der Waals surface area contributed by atoms with E-state index in [0.717, 1.165) is 19.6 Å². The van der Waals surface area contributed by atoms with Gasteiger partial charge in [-0.1, -0.05) is 0 Å². The molecule has 2 N–H and O–H groups in total. The third-order valence-electron chi connectivity index (χ3n) is 4.25. The number of rotatable bonds is 2. The summed E-state index contributed by atoms with van der Waals surface area (Å²) in [5, 5.41) is 8.34. The number of aryl methyl sites for hydroxylation is 1. The minimum Gasteiger partial charge on any atom is -0.358 e. The molecule has 1 aromatic rings. The van der Waals surface area contributed by atoms with Crippen LogP contribution in [0.5, 0.6) is 0 Å². The molecule has 19 heavy (non-hydrogen) atoms. The van der Waals surface area contributed by atoms with Gasteiger partial charge in [-0.05, 0) is 36.3 Å². The summed E-state index contributed by atoms with van der Waals surface area (Å²) in [6, 6.07) is 2.65. The van der Waals surface area contributed by atoms with E-state index in [2.05, 4.69) is 27.0 Å². The number of hydrogen-bond donors (Lipinski definition) is 2. The molecule has 0 saturated carbocycles. The fraction of sp³-hybridized carbons (Fsp3) is 0.643. The van der Waals surface area contributed by atoms with Crippen molar-refractivity contribution in [1.82, 2.24) is 15.5 Å². The van der Waals surface area contributed by atoms with Crippen LogP contribution in [0.1, 0.15) is 29.3 Å². The number of nitrogens with zero attached hydrogens (tertiary/aromatic N) is 1. The Bertz CT molecular complexity index is 459. The van der Waals surface area contributed by atoms with Crippen LogP contribution >= 0.6 is 11.3 Å². The number of piperazine rings is 1. The van der Waals surface area contributed by atoms with Crippen molar-refractivity contribution in [2.75, 3.05) is 26.7 Å². The maximum absolute atomic E-state index is 12.1. The summed E-state index contributed by atoms with van der Waals surface area (Å²) in [6.45, 7) is 2.69. The molecule has 0 bridgehead atoms. The van der Waals surface area contributed by atoms with Gasteiger partial charge in [0, 0.05) is 37.6 Å². The molecule has 1 aromatic heterocycles. The van der Waals surface area contributed by atoms with E-state index in [-0.39, 0.29) is 11.9 Å². The van der Waals surface area contributed by atoms with Crippen molar-refractivity contribution in [3.8, 4) is 0 Å². The number of carbonyl (C=O) groups is 1. The minimum atomic E-state index is -0.0328. The van der Waals surface area contributed by atoms with Gasteiger partial charge in [0.25, 0.3) is 0 Å². The predicted molar refractivity (Wildman–Crippen MR) is 77.4 cm³/mol. The number of amides is 1. The summed E-state index contributed by atoms with van der Waals surface area (Å²) < 4.78 is 0. The Morgan fingerprint density at radius 2 is 2.47 bits per heavy atom. The summed E-state index contributed by atoms with van der Waals surface area (Å²) >= 11 is 1.87. The second-order valence-electron chi connectivity index (χ2n) is 5.28. The van der Waals surface area contributed by atoms with Crippen LogP contribution in [0.4, 0.5) is 0 Å². The van der Waals surface area contributed by atoms with E-state index in [4.69, 9.17) is 0 Å². The maximum Gasteiger partial charge on any atom is 0.238 e. The SMILES string of the molecule is CNC(=O)C1CNCCN1C1CCCc2sccc21. The third kappa shape index (κ3) is 2.42. The number of thiophene rings is 1. The Morgan fingerprint density at radius 1 is 1.58 bits per heavy atom. The Balaban J connectivity index is 1.86. The Hall–Kier alpha value is -0.910. The lowest BCUT2D eigenvalue weighted by atomic mass is 9.91. The first-order valence-corrected chi connectivity index (χ1v) is 7.93.